The Hall–Kier alpha value is -1.52. The van der Waals surface area contributed by atoms with E-state index in [0.717, 1.165) is 16.5 Å². The van der Waals surface area contributed by atoms with Crippen LogP contribution in [-0.2, 0) is 23.0 Å². The third kappa shape index (κ3) is 3.52. The number of aromatic nitrogens is 1. The number of hydrogen-bond acceptors (Lipinski definition) is 3. The number of carbonyl (C=O) groups is 1. The molecular weight excluding hydrogens is 276 g/mol. The van der Waals surface area contributed by atoms with Gasteiger partial charge in [-0.3, -0.25) is 4.79 Å². The van der Waals surface area contributed by atoms with E-state index in [0.29, 0.717) is 6.42 Å². The van der Waals surface area contributed by atoms with Crippen molar-refractivity contribution in [1.82, 2.24) is 4.57 Å². The standard InChI is InChI=1S/C15H20N2O2.ClH/c1-10(2)19-15(18)13(16)8-11-9-17(3)14-7-5-4-6-12(11)14;/h4-7,9-10,13H,8,16H2,1-3H3;1H. The Morgan fingerprint density at radius 3 is 2.65 bits per heavy atom. The second kappa shape index (κ2) is 6.77. The molecule has 1 heterocycles. The largest absolute Gasteiger partial charge is 0.462 e. The van der Waals surface area contributed by atoms with Crippen LogP contribution in [0.1, 0.15) is 19.4 Å². The maximum Gasteiger partial charge on any atom is 0.323 e. The molecule has 2 aromatic rings. The Labute approximate surface area is 125 Å². The van der Waals surface area contributed by atoms with Gasteiger partial charge in [-0.2, -0.15) is 0 Å². The smallest absolute Gasteiger partial charge is 0.323 e. The SMILES string of the molecule is CC(C)OC(=O)C(N)Cc1cn(C)c2ccccc12.Cl. The number of aryl methyl sites for hydroxylation is 1. The summed E-state index contributed by atoms with van der Waals surface area (Å²) in [5, 5.41) is 1.14. The molecule has 0 radical (unpaired) electrons. The molecule has 4 nitrogen and oxygen atoms in total. The molecule has 0 fully saturated rings. The molecular formula is C15H21ClN2O2. The summed E-state index contributed by atoms with van der Waals surface area (Å²) in [5.41, 5.74) is 8.13. The van der Waals surface area contributed by atoms with Crippen LogP contribution in [0.4, 0.5) is 0 Å². The Kier molecular flexibility index (Phi) is 5.60. The number of para-hydroxylation sites is 1. The van der Waals surface area contributed by atoms with Gasteiger partial charge < -0.3 is 15.0 Å². The number of nitrogens with two attached hydrogens (primary N) is 1. The van der Waals surface area contributed by atoms with Gasteiger partial charge in [-0.05, 0) is 25.5 Å². The van der Waals surface area contributed by atoms with Gasteiger partial charge in [0.25, 0.3) is 0 Å². The summed E-state index contributed by atoms with van der Waals surface area (Å²) in [6.07, 6.45) is 2.38. The van der Waals surface area contributed by atoms with Crippen LogP contribution >= 0.6 is 12.4 Å². The molecule has 0 spiro atoms. The van der Waals surface area contributed by atoms with Gasteiger partial charge >= 0.3 is 5.97 Å². The molecule has 1 aromatic carbocycles. The minimum atomic E-state index is -0.617. The van der Waals surface area contributed by atoms with Crippen molar-refractivity contribution in [3.63, 3.8) is 0 Å². The third-order valence-electron chi connectivity index (χ3n) is 3.07. The van der Waals surface area contributed by atoms with E-state index in [9.17, 15) is 4.79 Å². The van der Waals surface area contributed by atoms with E-state index < -0.39 is 6.04 Å². The van der Waals surface area contributed by atoms with E-state index in [1.807, 2.05) is 49.9 Å². The van der Waals surface area contributed by atoms with Gasteiger partial charge in [0.15, 0.2) is 0 Å². The zero-order valence-electron chi connectivity index (χ0n) is 12.0. The number of benzene rings is 1. The predicted octanol–water partition coefficient (Wildman–Crippen LogP) is 2.42. The molecule has 1 atom stereocenters. The molecule has 0 aliphatic heterocycles. The lowest BCUT2D eigenvalue weighted by atomic mass is 10.1. The van der Waals surface area contributed by atoms with E-state index in [4.69, 9.17) is 10.5 Å². The summed E-state index contributed by atoms with van der Waals surface area (Å²) in [4.78, 5) is 11.7. The molecule has 1 aromatic heterocycles. The molecule has 0 aliphatic carbocycles. The summed E-state index contributed by atoms with van der Waals surface area (Å²) in [6, 6.07) is 7.47. The van der Waals surface area contributed by atoms with Gasteiger partial charge in [-0.25, -0.2) is 0 Å². The molecule has 2 N–H and O–H groups in total. The first-order valence-corrected chi connectivity index (χ1v) is 6.48. The van der Waals surface area contributed by atoms with Gasteiger partial charge in [0.05, 0.1) is 6.10 Å². The highest BCUT2D eigenvalue weighted by atomic mass is 35.5. The summed E-state index contributed by atoms with van der Waals surface area (Å²) >= 11 is 0. The number of nitrogens with zero attached hydrogens (tertiary/aromatic N) is 1. The molecule has 0 bridgehead atoms. The summed E-state index contributed by atoms with van der Waals surface area (Å²) < 4.78 is 7.18. The van der Waals surface area contributed by atoms with Crippen molar-refractivity contribution in [3.8, 4) is 0 Å². The topological polar surface area (TPSA) is 57.2 Å². The van der Waals surface area contributed by atoms with Crippen LogP contribution in [0.3, 0.4) is 0 Å². The van der Waals surface area contributed by atoms with Crippen LogP contribution < -0.4 is 5.73 Å². The van der Waals surface area contributed by atoms with Crippen LogP contribution in [-0.4, -0.2) is 22.7 Å². The van der Waals surface area contributed by atoms with E-state index in [1.54, 1.807) is 0 Å². The summed E-state index contributed by atoms with van der Waals surface area (Å²) in [7, 11) is 1.99. The van der Waals surface area contributed by atoms with Crippen molar-refractivity contribution < 1.29 is 9.53 Å². The van der Waals surface area contributed by atoms with E-state index in [1.165, 1.54) is 0 Å². The lowest BCUT2D eigenvalue weighted by molar-refractivity contribution is -0.148. The first kappa shape index (κ1) is 16.5. The zero-order chi connectivity index (χ0) is 14.0. The van der Waals surface area contributed by atoms with Crippen molar-refractivity contribution >= 4 is 29.3 Å². The maximum atomic E-state index is 11.7. The Morgan fingerprint density at radius 1 is 1.35 bits per heavy atom. The van der Waals surface area contributed by atoms with Crippen LogP contribution in [0.2, 0.25) is 0 Å². The molecule has 20 heavy (non-hydrogen) atoms. The number of ether oxygens (including phenoxy) is 1. The normalized spacial score (nSPS) is 12.2. The Morgan fingerprint density at radius 2 is 2.00 bits per heavy atom. The number of fused-ring (bicyclic) bond motifs is 1. The fraction of sp³-hybridized carbons (Fsp3) is 0.400. The van der Waals surface area contributed by atoms with Crippen molar-refractivity contribution in [2.24, 2.45) is 12.8 Å². The first-order chi connectivity index (χ1) is 8.99. The number of rotatable bonds is 4. The van der Waals surface area contributed by atoms with Crippen LogP contribution in [0.25, 0.3) is 10.9 Å². The number of hydrogen-bond donors (Lipinski definition) is 1. The minimum Gasteiger partial charge on any atom is -0.462 e. The highest BCUT2D eigenvalue weighted by Gasteiger charge is 2.19. The average Bonchev–Trinajstić information content (AvgIpc) is 2.66. The molecule has 0 saturated heterocycles. The molecule has 0 amide bonds. The van der Waals surface area contributed by atoms with Crippen LogP contribution in [0, 0.1) is 0 Å². The predicted molar refractivity (Wildman–Crippen MR) is 83.1 cm³/mol. The summed E-state index contributed by atoms with van der Waals surface area (Å²) in [5.74, 6) is -0.345. The number of esters is 1. The number of carbonyl (C=O) groups excluding carboxylic acids is 1. The van der Waals surface area contributed by atoms with Gasteiger partial charge in [-0.1, -0.05) is 18.2 Å². The van der Waals surface area contributed by atoms with Gasteiger partial charge in [0, 0.05) is 30.6 Å². The van der Waals surface area contributed by atoms with Gasteiger partial charge in [0.1, 0.15) is 6.04 Å². The lowest BCUT2D eigenvalue weighted by Gasteiger charge is -2.13. The first-order valence-electron chi connectivity index (χ1n) is 6.48. The maximum absolute atomic E-state index is 11.7. The Balaban J connectivity index is 0.00000200. The van der Waals surface area contributed by atoms with Gasteiger partial charge in [-0.15, -0.1) is 12.4 Å². The second-order valence-corrected chi connectivity index (χ2v) is 5.08. The van der Waals surface area contributed by atoms with Crippen molar-refractivity contribution in [2.45, 2.75) is 32.4 Å². The van der Waals surface area contributed by atoms with Crippen LogP contribution in [0.15, 0.2) is 30.5 Å². The fourth-order valence-corrected chi connectivity index (χ4v) is 2.23. The van der Waals surface area contributed by atoms with Crippen molar-refractivity contribution in [1.29, 1.82) is 0 Å². The molecule has 0 saturated carbocycles. The van der Waals surface area contributed by atoms with Crippen molar-refractivity contribution in [2.75, 3.05) is 0 Å². The lowest BCUT2D eigenvalue weighted by Crippen LogP contribution is -2.35. The Bertz CT molecular complexity index is 593. The van der Waals surface area contributed by atoms with E-state index in [-0.39, 0.29) is 24.5 Å². The monoisotopic (exact) mass is 296 g/mol. The molecule has 0 aliphatic rings. The quantitative estimate of drug-likeness (QED) is 0.882. The minimum absolute atomic E-state index is 0. The zero-order valence-corrected chi connectivity index (χ0v) is 12.8. The molecule has 5 heteroatoms. The molecule has 110 valence electrons. The summed E-state index contributed by atoms with van der Waals surface area (Å²) in [6.45, 7) is 3.64. The van der Waals surface area contributed by atoms with E-state index >= 15 is 0 Å². The highest BCUT2D eigenvalue weighted by molar-refractivity contribution is 5.85. The second-order valence-electron chi connectivity index (χ2n) is 5.08. The van der Waals surface area contributed by atoms with E-state index in [2.05, 4.69) is 6.07 Å². The average molecular weight is 297 g/mol. The number of halogens is 1. The van der Waals surface area contributed by atoms with Gasteiger partial charge in [0.2, 0.25) is 0 Å². The highest BCUT2D eigenvalue weighted by Crippen LogP contribution is 2.21. The third-order valence-corrected chi connectivity index (χ3v) is 3.07. The van der Waals surface area contributed by atoms with Crippen LogP contribution in [0.5, 0.6) is 0 Å². The van der Waals surface area contributed by atoms with Crippen molar-refractivity contribution in [3.05, 3.63) is 36.0 Å². The molecule has 2 rings (SSSR count). The molecule has 1 unspecified atom stereocenters. The fourth-order valence-electron chi connectivity index (χ4n) is 2.23.